The quantitative estimate of drug-likeness (QED) is 0.256. The highest BCUT2D eigenvalue weighted by atomic mass is 16.1. The monoisotopic (exact) mass is 96.0 g/mol. The summed E-state index contributed by atoms with van der Waals surface area (Å²) < 4.78 is 0. The number of nitrogens with two attached hydrogens (primary N) is 1. The molecule has 0 aliphatic rings. The van der Waals surface area contributed by atoms with Gasteiger partial charge in [0.05, 0.1) is 0 Å². The van der Waals surface area contributed by atoms with Gasteiger partial charge in [-0.15, -0.1) is 0 Å². The Balaban J connectivity index is 3.94. The zero-order chi connectivity index (χ0) is 5.70. The Kier molecular flexibility index (Phi) is 2.29. The van der Waals surface area contributed by atoms with E-state index in [4.69, 9.17) is 5.26 Å². The van der Waals surface area contributed by atoms with E-state index in [0.29, 0.717) is 0 Å². The number of hydrogen-bond acceptors (Lipinski definition) is 4. The van der Waals surface area contributed by atoms with Crippen LogP contribution in [0.2, 0.25) is 0 Å². The molecule has 0 saturated heterocycles. The van der Waals surface area contributed by atoms with Gasteiger partial charge in [-0.05, 0) is 0 Å². The van der Waals surface area contributed by atoms with E-state index in [1.807, 2.05) is 0 Å². The molecule has 0 aromatic rings. The topological polar surface area (TPSA) is 79.2 Å². The van der Waals surface area contributed by atoms with Crippen LogP contribution in [0.15, 0.2) is 5.10 Å². The van der Waals surface area contributed by atoms with Gasteiger partial charge in [0.25, 0.3) is 6.29 Å². The normalized spacial score (nSPS) is 9.86. The van der Waals surface area contributed by atoms with Crippen molar-refractivity contribution < 1.29 is 4.79 Å². The molecular weight excluding hydrogens is 94.1 g/mol. The highest BCUT2D eigenvalue weighted by Crippen LogP contribution is 1.59. The molecule has 0 heterocycles. The average Bonchev–Trinajstić information content (AvgIpc) is 1.72. The predicted octanol–water partition coefficient (Wildman–Crippen LogP) is -1.07. The fourth-order valence-corrected chi connectivity index (χ4v) is 0.0780. The summed E-state index contributed by atoms with van der Waals surface area (Å²) in [4.78, 5) is 9.41. The molecule has 35 valence electrons. The van der Waals surface area contributed by atoms with E-state index < -0.39 is 5.71 Å². The Morgan fingerprint density at radius 2 is 2.43 bits per heavy atom. The lowest BCUT2D eigenvalue weighted by Gasteiger charge is -1.68. The first-order valence-corrected chi connectivity index (χ1v) is 1.41. The van der Waals surface area contributed by atoms with Crippen molar-refractivity contribution in [2.75, 3.05) is 0 Å². The summed E-state index contributed by atoms with van der Waals surface area (Å²) in [6.07, 6.45) is 1.22. The maximum atomic E-state index is 9.41. The molecule has 4 nitrogen and oxygen atoms in total. The minimum atomic E-state index is -0.417. The molecule has 1 radical (unpaired) electrons. The first-order valence-electron chi connectivity index (χ1n) is 1.41. The Morgan fingerprint density at radius 1 is 1.86 bits per heavy atom. The summed E-state index contributed by atoms with van der Waals surface area (Å²) in [6.45, 7) is 0. The SMILES string of the molecule is N#CC([C]=O)=NN. The minimum Gasteiger partial charge on any atom is -0.322 e. The van der Waals surface area contributed by atoms with Crippen molar-refractivity contribution in [1.29, 1.82) is 5.26 Å². The van der Waals surface area contributed by atoms with Crippen LogP contribution < -0.4 is 5.84 Å². The lowest BCUT2D eigenvalue weighted by Crippen LogP contribution is -1.98. The lowest BCUT2D eigenvalue weighted by molar-refractivity contribution is 0.567. The Morgan fingerprint density at radius 3 is 2.43 bits per heavy atom. The first-order chi connectivity index (χ1) is 3.35. The van der Waals surface area contributed by atoms with Gasteiger partial charge in [0.1, 0.15) is 6.07 Å². The summed E-state index contributed by atoms with van der Waals surface area (Å²) >= 11 is 0. The summed E-state index contributed by atoms with van der Waals surface area (Å²) in [6, 6.07) is 1.40. The largest absolute Gasteiger partial charge is 0.322 e. The third-order valence-corrected chi connectivity index (χ3v) is 0.332. The van der Waals surface area contributed by atoms with Gasteiger partial charge in [0, 0.05) is 0 Å². The zero-order valence-corrected chi connectivity index (χ0v) is 3.38. The fourth-order valence-electron chi connectivity index (χ4n) is 0.0780. The number of nitriles is 1. The van der Waals surface area contributed by atoms with E-state index in [1.165, 1.54) is 12.4 Å². The van der Waals surface area contributed by atoms with Gasteiger partial charge in [0.2, 0.25) is 5.71 Å². The van der Waals surface area contributed by atoms with Gasteiger partial charge >= 0.3 is 0 Å². The maximum Gasteiger partial charge on any atom is 0.266 e. The van der Waals surface area contributed by atoms with Crippen LogP contribution in [-0.2, 0) is 4.79 Å². The maximum absolute atomic E-state index is 9.41. The second kappa shape index (κ2) is 2.85. The van der Waals surface area contributed by atoms with Crippen LogP contribution in [0, 0.1) is 11.3 Å². The minimum absolute atomic E-state index is 0.417. The summed E-state index contributed by atoms with van der Waals surface area (Å²) in [5, 5.41) is 10.6. The standard InChI is InChI=1S/C3H2N3O/c4-1-3(2-7)6-5/h5H2. The van der Waals surface area contributed by atoms with Crippen molar-refractivity contribution >= 4 is 12.0 Å². The molecule has 0 aliphatic carbocycles. The third-order valence-electron chi connectivity index (χ3n) is 0.332. The number of rotatable bonds is 1. The predicted molar refractivity (Wildman–Crippen MR) is 22.9 cm³/mol. The lowest BCUT2D eigenvalue weighted by atomic mass is 10.5. The molecule has 0 unspecified atom stereocenters. The van der Waals surface area contributed by atoms with Crippen molar-refractivity contribution in [3.05, 3.63) is 0 Å². The third kappa shape index (κ3) is 1.49. The van der Waals surface area contributed by atoms with Gasteiger partial charge in [-0.3, -0.25) is 4.79 Å². The van der Waals surface area contributed by atoms with Crippen molar-refractivity contribution in [2.45, 2.75) is 0 Å². The van der Waals surface area contributed by atoms with Crippen molar-refractivity contribution in [1.82, 2.24) is 0 Å². The molecule has 0 spiro atoms. The van der Waals surface area contributed by atoms with Crippen LogP contribution in [0.5, 0.6) is 0 Å². The molecule has 4 heteroatoms. The highest BCUT2D eigenvalue weighted by Gasteiger charge is 1.88. The molecule has 0 atom stereocenters. The Bertz CT molecular complexity index is 132. The number of carbonyl (C=O) groups excluding carboxylic acids is 1. The number of hydrogen-bond donors (Lipinski definition) is 1. The molecular formula is C3H2N3O. The summed E-state index contributed by atoms with van der Waals surface area (Å²) in [5.74, 6) is 4.50. The van der Waals surface area contributed by atoms with Crippen molar-refractivity contribution in [3.8, 4) is 6.07 Å². The van der Waals surface area contributed by atoms with Crippen molar-refractivity contribution in [2.24, 2.45) is 10.9 Å². The van der Waals surface area contributed by atoms with Crippen LogP contribution in [-0.4, -0.2) is 12.0 Å². The van der Waals surface area contributed by atoms with E-state index in [1.54, 1.807) is 0 Å². The molecule has 0 rings (SSSR count). The summed E-state index contributed by atoms with van der Waals surface area (Å²) in [5.41, 5.74) is -0.417. The Labute approximate surface area is 40.2 Å². The van der Waals surface area contributed by atoms with E-state index >= 15 is 0 Å². The van der Waals surface area contributed by atoms with E-state index in [-0.39, 0.29) is 0 Å². The smallest absolute Gasteiger partial charge is 0.266 e. The van der Waals surface area contributed by atoms with Crippen LogP contribution >= 0.6 is 0 Å². The number of hydrazone groups is 1. The van der Waals surface area contributed by atoms with Crippen LogP contribution in [0.4, 0.5) is 0 Å². The van der Waals surface area contributed by atoms with E-state index in [9.17, 15) is 4.79 Å². The molecule has 0 amide bonds. The van der Waals surface area contributed by atoms with Crippen LogP contribution in [0.3, 0.4) is 0 Å². The van der Waals surface area contributed by atoms with Crippen LogP contribution in [0.25, 0.3) is 0 Å². The fraction of sp³-hybridized carbons (Fsp3) is 0. The second-order valence-electron chi connectivity index (χ2n) is 0.692. The molecule has 0 bridgehead atoms. The molecule has 0 aromatic carbocycles. The van der Waals surface area contributed by atoms with Gasteiger partial charge in [0.15, 0.2) is 0 Å². The van der Waals surface area contributed by atoms with Crippen molar-refractivity contribution in [3.63, 3.8) is 0 Å². The van der Waals surface area contributed by atoms with E-state index in [2.05, 4.69) is 10.9 Å². The molecule has 0 saturated carbocycles. The second-order valence-corrected chi connectivity index (χ2v) is 0.692. The van der Waals surface area contributed by atoms with E-state index in [0.717, 1.165) is 0 Å². The number of nitrogens with zero attached hydrogens (tertiary/aromatic N) is 2. The highest BCUT2D eigenvalue weighted by molar-refractivity contribution is 6.36. The van der Waals surface area contributed by atoms with Gasteiger partial charge in [-0.1, -0.05) is 0 Å². The van der Waals surface area contributed by atoms with Gasteiger partial charge in [-0.2, -0.15) is 10.4 Å². The van der Waals surface area contributed by atoms with Gasteiger partial charge < -0.3 is 5.84 Å². The molecule has 0 fully saturated rings. The van der Waals surface area contributed by atoms with Crippen LogP contribution in [0.1, 0.15) is 0 Å². The molecule has 2 N–H and O–H groups in total. The summed E-state index contributed by atoms with van der Waals surface area (Å²) in [7, 11) is 0. The average molecular weight is 96.1 g/mol. The zero-order valence-electron chi connectivity index (χ0n) is 3.38. The molecule has 7 heavy (non-hydrogen) atoms. The first kappa shape index (κ1) is 5.63. The Hall–Kier alpha value is -1.37. The van der Waals surface area contributed by atoms with Gasteiger partial charge in [-0.25, -0.2) is 0 Å². The molecule has 0 aliphatic heterocycles. The molecule has 0 aromatic heterocycles.